The molecular formula is C27H28ClN3O. The molecule has 1 aliphatic rings. The number of anilines is 1. The lowest BCUT2D eigenvalue weighted by molar-refractivity contribution is 0.0957. The molecule has 0 aliphatic carbocycles. The number of hydrogen-bond donors (Lipinski definition) is 1. The van der Waals surface area contributed by atoms with Crippen molar-refractivity contribution in [1.82, 2.24) is 5.43 Å². The maximum atomic E-state index is 12.7. The van der Waals surface area contributed by atoms with Gasteiger partial charge in [0.25, 0.3) is 5.91 Å². The third-order valence-corrected chi connectivity index (χ3v) is 6.27. The quantitative estimate of drug-likeness (QED) is 0.352. The van der Waals surface area contributed by atoms with Crippen LogP contribution in [-0.4, -0.2) is 24.2 Å². The van der Waals surface area contributed by atoms with E-state index < -0.39 is 0 Å². The highest BCUT2D eigenvalue weighted by Gasteiger charge is 2.31. The number of allylic oxidation sites excluding steroid dienone is 1. The highest BCUT2D eigenvalue weighted by molar-refractivity contribution is 6.33. The fourth-order valence-electron chi connectivity index (χ4n) is 4.49. The zero-order chi connectivity index (χ0) is 22.9. The van der Waals surface area contributed by atoms with Crippen LogP contribution in [0.5, 0.6) is 0 Å². The molecule has 0 radical (unpaired) electrons. The molecule has 0 saturated carbocycles. The predicted octanol–water partition coefficient (Wildman–Crippen LogP) is 6.67. The van der Waals surface area contributed by atoms with Gasteiger partial charge in [-0.2, -0.15) is 5.10 Å². The van der Waals surface area contributed by atoms with E-state index in [0.29, 0.717) is 10.6 Å². The van der Waals surface area contributed by atoms with Crippen LogP contribution < -0.4 is 10.3 Å². The number of amides is 1. The number of carbonyl (C=O) groups is 1. The Kier molecular flexibility index (Phi) is 6.07. The van der Waals surface area contributed by atoms with Crippen molar-refractivity contribution in [1.29, 1.82) is 0 Å². The fourth-order valence-corrected chi connectivity index (χ4v) is 4.70. The monoisotopic (exact) mass is 445 g/mol. The third kappa shape index (κ3) is 4.15. The highest BCUT2D eigenvalue weighted by atomic mass is 35.5. The van der Waals surface area contributed by atoms with Gasteiger partial charge in [0.1, 0.15) is 0 Å². The topological polar surface area (TPSA) is 44.7 Å². The van der Waals surface area contributed by atoms with Crippen molar-refractivity contribution in [3.8, 4) is 0 Å². The molecule has 0 unspecified atom stereocenters. The molecule has 0 atom stereocenters. The Morgan fingerprint density at radius 2 is 1.91 bits per heavy atom. The SMILES string of the molecule is CCCN1c2cc(Cl)c(/C=N\NC(=O)c3cccc4ccccc34)cc2C(C)=CC1(C)C. The van der Waals surface area contributed by atoms with Gasteiger partial charge in [0.15, 0.2) is 0 Å². The Hall–Kier alpha value is -3.11. The van der Waals surface area contributed by atoms with Crippen molar-refractivity contribution in [2.24, 2.45) is 5.10 Å². The molecule has 3 aromatic rings. The van der Waals surface area contributed by atoms with Gasteiger partial charge in [-0.3, -0.25) is 4.79 Å². The van der Waals surface area contributed by atoms with Crippen LogP contribution >= 0.6 is 11.6 Å². The molecule has 3 aromatic carbocycles. The van der Waals surface area contributed by atoms with Crippen molar-refractivity contribution < 1.29 is 4.79 Å². The molecule has 1 N–H and O–H groups in total. The Bertz CT molecular complexity index is 1240. The first-order valence-corrected chi connectivity index (χ1v) is 11.3. The van der Waals surface area contributed by atoms with E-state index in [0.717, 1.165) is 40.6 Å². The molecule has 0 fully saturated rings. The van der Waals surface area contributed by atoms with E-state index in [4.69, 9.17) is 11.6 Å². The van der Waals surface area contributed by atoms with Crippen LogP contribution in [0.1, 0.15) is 55.6 Å². The summed E-state index contributed by atoms with van der Waals surface area (Å²) in [7, 11) is 0. The summed E-state index contributed by atoms with van der Waals surface area (Å²) in [5.74, 6) is -0.251. The van der Waals surface area contributed by atoms with Crippen LogP contribution in [0, 0.1) is 0 Å². The first kappa shape index (κ1) is 22.1. The standard InChI is InChI=1S/C27H28ClN3O/c1-5-13-31-25-15-24(28)20(14-23(25)18(2)16-27(31,3)4)17-29-30-26(32)22-12-8-10-19-9-6-7-11-21(19)22/h6-12,14-17H,5,13H2,1-4H3,(H,30,32)/b29-17-. The second-order valence-electron chi connectivity index (χ2n) is 8.75. The number of carbonyl (C=O) groups excluding carboxylic acids is 1. The maximum Gasteiger partial charge on any atom is 0.271 e. The van der Waals surface area contributed by atoms with Crippen molar-refractivity contribution >= 4 is 45.8 Å². The first-order valence-electron chi connectivity index (χ1n) is 10.9. The van der Waals surface area contributed by atoms with Crippen LogP contribution in [-0.2, 0) is 0 Å². The fraction of sp³-hybridized carbons (Fsp3) is 0.259. The minimum absolute atomic E-state index is 0.0710. The van der Waals surface area contributed by atoms with Gasteiger partial charge in [0.05, 0.1) is 16.8 Å². The van der Waals surface area contributed by atoms with E-state index in [2.05, 4.69) is 55.3 Å². The minimum atomic E-state index is -0.251. The van der Waals surface area contributed by atoms with Crippen molar-refractivity contribution in [3.05, 3.63) is 82.4 Å². The maximum absolute atomic E-state index is 12.7. The van der Waals surface area contributed by atoms with E-state index in [-0.39, 0.29) is 11.4 Å². The number of hydrogen-bond acceptors (Lipinski definition) is 3. The Morgan fingerprint density at radius 3 is 2.69 bits per heavy atom. The van der Waals surface area contributed by atoms with Gasteiger partial charge < -0.3 is 4.90 Å². The van der Waals surface area contributed by atoms with Crippen molar-refractivity contribution in [3.63, 3.8) is 0 Å². The largest absolute Gasteiger partial charge is 0.362 e. The second-order valence-corrected chi connectivity index (χ2v) is 9.16. The molecule has 32 heavy (non-hydrogen) atoms. The average Bonchev–Trinajstić information content (AvgIpc) is 2.76. The van der Waals surface area contributed by atoms with Gasteiger partial charge in [0.2, 0.25) is 0 Å². The number of nitrogens with zero attached hydrogens (tertiary/aromatic N) is 2. The molecule has 0 aromatic heterocycles. The van der Waals surface area contributed by atoms with Crippen molar-refractivity contribution in [2.45, 2.75) is 39.7 Å². The van der Waals surface area contributed by atoms with E-state index in [9.17, 15) is 4.79 Å². The van der Waals surface area contributed by atoms with Gasteiger partial charge in [-0.25, -0.2) is 5.43 Å². The van der Waals surface area contributed by atoms with Crippen LogP contribution in [0.4, 0.5) is 5.69 Å². The summed E-state index contributed by atoms with van der Waals surface area (Å²) < 4.78 is 0. The average molecular weight is 446 g/mol. The van der Waals surface area contributed by atoms with E-state index >= 15 is 0 Å². The lowest BCUT2D eigenvalue weighted by Gasteiger charge is -2.43. The third-order valence-electron chi connectivity index (χ3n) is 5.95. The summed E-state index contributed by atoms with van der Waals surface area (Å²) in [6.45, 7) is 9.71. The summed E-state index contributed by atoms with van der Waals surface area (Å²) in [5.41, 5.74) is 7.43. The molecule has 4 rings (SSSR count). The number of nitrogens with one attached hydrogen (secondary N) is 1. The van der Waals surface area contributed by atoms with E-state index in [1.165, 1.54) is 5.57 Å². The lowest BCUT2D eigenvalue weighted by Crippen LogP contribution is -2.45. The van der Waals surface area contributed by atoms with Crippen LogP contribution in [0.2, 0.25) is 5.02 Å². The Morgan fingerprint density at radius 1 is 1.16 bits per heavy atom. The normalized spacial score (nSPS) is 15.0. The van der Waals surface area contributed by atoms with Crippen LogP contribution in [0.3, 0.4) is 0 Å². The molecule has 1 aliphatic heterocycles. The molecular weight excluding hydrogens is 418 g/mol. The number of fused-ring (bicyclic) bond motifs is 2. The minimum Gasteiger partial charge on any atom is -0.362 e. The number of rotatable bonds is 5. The summed E-state index contributed by atoms with van der Waals surface area (Å²) in [6, 6.07) is 17.5. The summed E-state index contributed by atoms with van der Waals surface area (Å²) >= 11 is 6.63. The van der Waals surface area contributed by atoms with Crippen molar-refractivity contribution in [2.75, 3.05) is 11.4 Å². The molecule has 4 nitrogen and oxygen atoms in total. The molecule has 0 spiro atoms. The molecule has 1 heterocycles. The number of benzene rings is 3. The zero-order valence-electron chi connectivity index (χ0n) is 18.9. The first-order chi connectivity index (χ1) is 15.3. The molecule has 0 bridgehead atoms. The van der Waals surface area contributed by atoms with Gasteiger partial charge in [0, 0.05) is 28.9 Å². The molecule has 1 amide bonds. The predicted molar refractivity (Wildman–Crippen MR) is 136 cm³/mol. The van der Waals surface area contributed by atoms with Gasteiger partial charge in [-0.05, 0) is 61.7 Å². The van der Waals surface area contributed by atoms with E-state index in [1.54, 1.807) is 12.3 Å². The second kappa shape index (κ2) is 8.79. The Labute approximate surface area is 194 Å². The van der Waals surface area contributed by atoms with Crippen LogP contribution in [0.25, 0.3) is 16.3 Å². The summed E-state index contributed by atoms with van der Waals surface area (Å²) in [4.78, 5) is 15.1. The highest BCUT2D eigenvalue weighted by Crippen LogP contribution is 2.41. The molecule has 0 saturated heterocycles. The molecule has 5 heteroatoms. The summed E-state index contributed by atoms with van der Waals surface area (Å²) in [5, 5.41) is 6.73. The zero-order valence-corrected chi connectivity index (χ0v) is 19.7. The number of halogens is 1. The molecule has 164 valence electrons. The summed E-state index contributed by atoms with van der Waals surface area (Å²) in [6.07, 6.45) is 4.96. The Balaban J connectivity index is 1.60. The van der Waals surface area contributed by atoms with E-state index in [1.807, 2.05) is 42.5 Å². The van der Waals surface area contributed by atoms with Crippen LogP contribution in [0.15, 0.2) is 65.8 Å². The van der Waals surface area contributed by atoms with Gasteiger partial charge in [-0.1, -0.05) is 61.0 Å². The van der Waals surface area contributed by atoms with Gasteiger partial charge >= 0.3 is 0 Å². The number of hydrazone groups is 1. The van der Waals surface area contributed by atoms with Gasteiger partial charge in [-0.15, -0.1) is 0 Å². The lowest BCUT2D eigenvalue weighted by atomic mass is 9.88. The smallest absolute Gasteiger partial charge is 0.271 e.